The number of piperazine rings is 1. The molecule has 3 fully saturated rings. The summed E-state index contributed by atoms with van der Waals surface area (Å²) in [5.74, 6) is 0.357. The third kappa shape index (κ3) is 7.38. The highest BCUT2D eigenvalue weighted by Gasteiger charge is 2.44. The van der Waals surface area contributed by atoms with Crippen LogP contribution in [0.25, 0.3) is 22.3 Å². The number of carbonyl (C=O) groups excluding carboxylic acids is 4. The second-order valence-electron chi connectivity index (χ2n) is 15.4. The molecule has 3 aliphatic heterocycles. The number of fused-ring (bicyclic) bond motifs is 2. The lowest BCUT2D eigenvalue weighted by molar-refractivity contribution is -0.136. The average Bonchev–Trinajstić information content (AvgIpc) is 3.75. The maximum Gasteiger partial charge on any atom is 0.262 e. The Morgan fingerprint density at radius 1 is 0.759 bits per heavy atom. The molecule has 0 spiro atoms. The number of nitrogens with two attached hydrogens (primary N) is 1. The average molecular weight is 784 g/mol. The number of nitrogen functional groups attached to an aromatic ring is 1. The van der Waals surface area contributed by atoms with Crippen LogP contribution < -0.4 is 20.5 Å². The number of nitrogens with one attached hydrogen (secondary N) is 1. The first-order valence-corrected chi connectivity index (χ1v) is 20.1. The number of amides is 4. The lowest BCUT2D eigenvalue weighted by atomic mass is 9.90. The van der Waals surface area contributed by atoms with Crippen LogP contribution in [0.15, 0.2) is 79.1 Å². The number of aromatic nitrogens is 4. The summed E-state index contributed by atoms with van der Waals surface area (Å²) >= 11 is 0. The smallest absolute Gasteiger partial charge is 0.262 e. The van der Waals surface area contributed by atoms with Gasteiger partial charge in [0, 0.05) is 50.7 Å². The van der Waals surface area contributed by atoms with Crippen molar-refractivity contribution in [3.8, 4) is 28.5 Å². The third-order valence-electron chi connectivity index (χ3n) is 11.9. The molecule has 2 saturated heterocycles. The van der Waals surface area contributed by atoms with Crippen molar-refractivity contribution in [1.29, 1.82) is 0 Å². The number of piperidine rings is 1. The van der Waals surface area contributed by atoms with Gasteiger partial charge in [0.1, 0.15) is 41.1 Å². The highest BCUT2D eigenvalue weighted by Crippen LogP contribution is 2.38. The molecule has 5 aromatic rings. The molecule has 3 aromatic carbocycles. The number of nitrogens with zero attached hydrogens (tertiary/aromatic N) is 7. The zero-order valence-corrected chi connectivity index (χ0v) is 32.1. The van der Waals surface area contributed by atoms with E-state index < -0.39 is 29.7 Å². The fourth-order valence-corrected chi connectivity index (χ4v) is 8.80. The number of rotatable bonds is 11. The van der Waals surface area contributed by atoms with Gasteiger partial charge in [0.25, 0.3) is 11.8 Å². The zero-order chi connectivity index (χ0) is 39.8. The summed E-state index contributed by atoms with van der Waals surface area (Å²) in [6, 6.07) is 22.2. The van der Waals surface area contributed by atoms with Gasteiger partial charge in [0.15, 0.2) is 5.65 Å². The standard InChI is InChI=1S/C43H45N9O6/c44-39-37-38(27-7-13-31(14-8-27)58-30-5-2-1-3-6-30)48-52(40(37)46-26-45-39)29-11-9-28(10-12-29)50-22-20-49(21-23-50)19-4-24-57-32-15-16-33-34(25-32)43(56)51(42(33)55)35-17-18-36(53)47-41(35)54/h1-3,5-8,13-16,25-26,28-29,35H,4,9-12,17-24H2,(H2,44,45,46)(H,47,53,54). The molecule has 0 radical (unpaired) electrons. The highest BCUT2D eigenvalue weighted by molar-refractivity contribution is 6.23. The van der Waals surface area contributed by atoms with Gasteiger partial charge in [-0.3, -0.25) is 34.3 Å². The van der Waals surface area contributed by atoms with Gasteiger partial charge in [-0.2, -0.15) is 5.10 Å². The number of anilines is 1. The second kappa shape index (κ2) is 16.0. The van der Waals surface area contributed by atoms with Crippen LogP contribution in [0.5, 0.6) is 17.2 Å². The van der Waals surface area contributed by atoms with Crippen molar-refractivity contribution < 1.29 is 28.7 Å². The van der Waals surface area contributed by atoms with E-state index in [1.54, 1.807) is 18.2 Å². The molecule has 15 nitrogen and oxygen atoms in total. The predicted octanol–water partition coefficient (Wildman–Crippen LogP) is 4.84. The first-order valence-electron chi connectivity index (χ1n) is 20.1. The topological polar surface area (TPSA) is 178 Å². The minimum atomic E-state index is -0.991. The van der Waals surface area contributed by atoms with Crippen molar-refractivity contribution in [2.45, 2.75) is 63.1 Å². The van der Waals surface area contributed by atoms with Crippen LogP contribution in [0.2, 0.25) is 0 Å². The Balaban J connectivity index is 0.744. The number of para-hydroxylation sites is 1. The molecule has 1 aliphatic carbocycles. The summed E-state index contributed by atoms with van der Waals surface area (Å²) in [7, 11) is 0. The Kier molecular flexibility index (Phi) is 10.3. The van der Waals surface area contributed by atoms with E-state index >= 15 is 0 Å². The molecule has 58 heavy (non-hydrogen) atoms. The molecule has 4 aliphatic rings. The summed E-state index contributed by atoms with van der Waals surface area (Å²) in [6.07, 6.45) is 6.71. The van der Waals surface area contributed by atoms with Crippen molar-refractivity contribution in [3.05, 3.63) is 90.3 Å². The first-order chi connectivity index (χ1) is 28.3. The lowest BCUT2D eigenvalue weighted by Gasteiger charge is -2.42. The van der Waals surface area contributed by atoms with Crippen LogP contribution >= 0.6 is 0 Å². The van der Waals surface area contributed by atoms with Crippen LogP contribution in [0.4, 0.5) is 5.82 Å². The summed E-state index contributed by atoms with van der Waals surface area (Å²) in [6.45, 7) is 5.38. The Bertz CT molecular complexity index is 2350. The van der Waals surface area contributed by atoms with E-state index in [4.69, 9.17) is 20.3 Å². The lowest BCUT2D eigenvalue weighted by Crippen LogP contribution is -2.54. The minimum Gasteiger partial charge on any atom is -0.494 e. The third-order valence-corrected chi connectivity index (χ3v) is 11.9. The van der Waals surface area contributed by atoms with Gasteiger partial charge in [-0.15, -0.1) is 0 Å². The predicted molar refractivity (Wildman–Crippen MR) is 214 cm³/mol. The molecule has 1 saturated carbocycles. The van der Waals surface area contributed by atoms with E-state index in [0.29, 0.717) is 24.2 Å². The summed E-state index contributed by atoms with van der Waals surface area (Å²) in [5, 5.41) is 8.12. The number of hydrogen-bond acceptors (Lipinski definition) is 12. The summed E-state index contributed by atoms with van der Waals surface area (Å²) < 4.78 is 14.1. The maximum atomic E-state index is 13.2. The first kappa shape index (κ1) is 37.4. The van der Waals surface area contributed by atoms with Crippen LogP contribution in [0, 0.1) is 0 Å². The maximum absolute atomic E-state index is 13.2. The van der Waals surface area contributed by atoms with Crippen molar-refractivity contribution >= 4 is 40.5 Å². The summed E-state index contributed by atoms with van der Waals surface area (Å²) in [4.78, 5) is 65.1. The van der Waals surface area contributed by atoms with Gasteiger partial charge in [0.2, 0.25) is 11.8 Å². The van der Waals surface area contributed by atoms with Gasteiger partial charge in [-0.25, -0.2) is 14.6 Å². The Hall–Kier alpha value is -6.19. The van der Waals surface area contributed by atoms with Gasteiger partial charge >= 0.3 is 0 Å². The van der Waals surface area contributed by atoms with Crippen molar-refractivity contribution in [2.75, 3.05) is 45.1 Å². The molecule has 15 heteroatoms. The fraction of sp³-hybridized carbons (Fsp3) is 0.372. The van der Waals surface area contributed by atoms with E-state index in [1.807, 2.05) is 54.6 Å². The number of hydrogen-bond donors (Lipinski definition) is 2. The molecule has 0 bridgehead atoms. The van der Waals surface area contributed by atoms with Gasteiger partial charge in [0.05, 0.1) is 29.2 Å². The van der Waals surface area contributed by atoms with Crippen molar-refractivity contribution in [3.63, 3.8) is 0 Å². The van der Waals surface area contributed by atoms with E-state index in [0.717, 1.165) is 104 Å². The van der Waals surface area contributed by atoms with E-state index in [9.17, 15) is 19.2 Å². The van der Waals surface area contributed by atoms with Crippen LogP contribution in [-0.2, 0) is 9.59 Å². The summed E-state index contributed by atoms with van der Waals surface area (Å²) in [5.41, 5.74) is 9.37. The molecule has 3 N–H and O–H groups in total. The molecule has 2 aromatic heterocycles. The zero-order valence-electron chi connectivity index (χ0n) is 32.1. The van der Waals surface area contributed by atoms with Gasteiger partial charge < -0.3 is 20.1 Å². The molecule has 298 valence electrons. The largest absolute Gasteiger partial charge is 0.494 e. The van der Waals surface area contributed by atoms with E-state index in [1.165, 1.54) is 6.33 Å². The van der Waals surface area contributed by atoms with Gasteiger partial charge in [-0.05, 0) is 93.1 Å². The molecule has 4 amide bonds. The molecule has 1 atom stereocenters. The van der Waals surface area contributed by atoms with Crippen LogP contribution in [0.1, 0.15) is 71.7 Å². The number of benzene rings is 3. The monoisotopic (exact) mass is 783 g/mol. The second-order valence-corrected chi connectivity index (χ2v) is 15.4. The SMILES string of the molecule is Nc1ncnc2c1c(-c1ccc(Oc3ccccc3)cc1)nn2C1CCC(N2CCN(CCCOc3ccc4c(c3)C(=O)N(C3CCC(=O)NC3=O)C4=O)CC2)CC1. The molecule has 9 rings (SSSR count). The van der Waals surface area contributed by atoms with E-state index in [-0.39, 0.29) is 30.0 Å². The van der Waals surface area contributed by atoms with Crippen molar-refractivity contribution in [2.24, 2.45) is 0 Å². The molecular formula is C43H45N9O6. The van der Waals surface area contributed by atoms with Crippen molar-refractivity contribution in [1.82, 2.24) is 39.8 Å². The number of imide groups is 2. The fourth-order valence-electron chi connectivity index (χ4n) is 8.80. The number of ether oxygens (including phenoxy) is 2. The number of carbonyl (C=O) groups is 4. The Labute approximate surface area is 335 Å². The van der Waals surface area contributed by atoms with Gasteiger partial charge in [-0.1, -0.05) is 18.2 Å². The quantitative estimate of drug-likeness (QED) is 0.138. The van der Waals surface area contributed by atoms with Crippen LogP contribution in [-0.4, -0.2) is 109 Å². The van der Waals surface area contributed by atoms with Crippen LogP contribution in [0.3, 0.4) is 0 Å². The minimum absolute atomic E-state index is 0.0808. The Morgan fingerprint density at radius 2 is 1.47 bits per heavy atom. The normalized spacial score (nSPS) is 21.7. The Morgan fingerprint density at radius 3 is 2.22 bits per heavy atom. The van der Waals surface area contributed by atoms with E-state index in [2.05, 4.69) is 29.8 Å². The molecular weight excluding hydrogens is 739 g/mol. The molecule has 5 heterocycles. The highest BCUT2D eigenvalue weighted by atomic mass is 16.5. The molecule has 1 unspecified atom stereocenters.